The van der Waals surface area contributed by atoms with Gasteiger partial charge in [0.15, 0.2) is 0 Å². The predicted molar refractivity (Wildman–Crippen MR) is 58.4 cm³/mol. The van der Waals surface area contributed by atoms with Gasteiger partial charge in [-0.2, -0.15) is 0 Å². The zero-order valence-electron chi connectivity index (χ0n) is 8.55. The van der Waals surface area contributed by atoms with Crippen LogP contribution in [0.15, 0.2) is 24.3 Å². The summed E-state index contributed by atoms with van der Waals surface area (Å²) in [6, 6.07) is 7.18. The maximum atomic E-state index is 10.9. The Labute approximate surface area is 91.7 Å². The monoisotopic (exact) mass is 217 g/mol. The summed E-state index contributed by atoms with van der Waals surface area (Å²) in [7, 11) is 0. The van der Waals surface area contributed by atoms with Crippen LogP contribution in [0, 0.1) is 5.92 Å². The quantitative estimate of drug-likeness (QED) is 0.762. The third-order valence-electron chi connectivity index (χ3n) is 3.18. The van der Waals surface area contributed by atoms with Gasteiger partial charge in [0.2, 0.25) is 0 Å². The molecule has 0 aliphatic carbocycles. The van der Waals surface area contributed by atoms with E-state index in [0.717, 1.165) is 16.6 Å². The fourth-order valence-electron chi connectivity index (χ4n) is 2.39. The molecule has 1 aromatic heterocycles. The van der Waals surface area contributed by atoms with Crippen LogP contribution < -0.4 is 0 Å². The minimum Gasteiger partial charge on any atom is -0.508 e. The number of carboxylic acids is 1. The minimum atomic E-state index is -0.753. The lowest BCUT2D eigenvalue weighted by atomic mass is 10.1. The van der Waals surface area contributed by atoms with Crippen LogP contribution in [0.1, 0.15) is 5.69 Å². The second-order valence-electron chi connectivity index (χ2n) is 4.23. The lowest BCUT2D eigenvalue weighted by Gasteiger charge is -2.03. The van der Waals surface area contributed by atoms with Crippen molar-refractivity contribution < 1.29 is 15.0 Å². The largest absolute Gasteiger partial charge is 0.508 e. The summed E-state index contributed by atoms with van der Waals surface area (Å²) >= 11 is 0. The van der Waals surface area contributed by atoms with Gasteiger partial charge in [-0.05, 0) is 18.2 Å². The lowest BCUT2D eigenvalue weighted by Crippen LogP contribution is -2.14. The van der Waals surface area contributed by atoms with Crippen molar-refractivity contribution in [3.63, 3.8) is 0 Å². The minimum absolute atomic E-state index is 0.215. The fourth-order valence-corrected chi connectivity index (χ4v) is 2.39. The average molecular weight is 217 g/mol. The highest BCUT2D eigenvalue weighted by Gasteiger charge is 2.28. The van der Waals surface area contributed by atoms with E-state index in [4.69, 9.17) is 5.11 Å². The smallest absolute Gasteiger partial charge is 0.308 e. The number of phenolic OH excluding ortho intramolecular Hbond substituents is 1. The molecule has 82 valence electrons. The van der Waals surface area contributed by atoms with Crippen LogP contribution in [-0.2, 0) is 17.8 Å². The third kappa shape index (κ3) is 1.19. The standard InChI is InChI=1S/C12H11NO3/c14-10-2-1-7-3-9-4-8(12(15)16)6-13(9)11(7)5-10/h1-3,5,8,14H,4,6H2,(H,15,16). The van der Waals surface area contributed by atoms with E-state index < -0.39 is 5.97 Å². The van der Waals surface area contributed by atoms with Crippen LogP contribution in [0.3, 0.4) is 0 Å². The van der Waals surface area contributed by atoms with Crippen molar-refractivity contribution in [3.8, 4) is 5.75 Å². The highest BCUT2D eigenvalue weighted by molar-refractivity contribution is 5.84. The van der Waals surface area contributed by atoms with Gasteiger partial charge in [-0.1, -0.05) is 0 Å². The molecular weight excluding hydrogens is 206 g/mol. The molecule has 0 saturated carbocycles. The summed E-state index contributed by atoms with van der Waals surface area (Å²) in [6.07, 6.45) is 0.574. The van der Waals surface area contributed by atoms with Gasteiger partial charge in [-0.25, -0.2) is 0 Å². The number of phenols is 1. The molecule has 0 fully saturated rings. The van der Waals surface area contributed by atoms with Gasteiger partial charge in [0.25, 0.3) is 0 Å². The van der Waals surface area contributed by atoms with Gasteiger partial charge >= 0.3 is 5.97 Å². The van der Waals surface area contributed by atoms with E-state index in [1.54, 1.807) is 12.1 Å². The normalized spacial score (nSPS) is 18.9. The number of rotatable bonds is 1. The molecule has 1 aromatic carbocycles. The molecule has 4 nitrogen and oxygen atoms in total. The van der Waals surface area contributed by atoms with Crippen LogP contribution in [0.2, 0.25) is 0 Å². The molecule has 2 heterocycles. The van der Waals surface area contributed by atoms with Crippen LogP contribution >= 0.6 is 0 Å². The molecule has 4 heteroatoms. The summed E-state index contributed by atoms with van der Waals surface area (Å²) in [5.74, 6) is -0.870. The van der Waals surface area contributed by atoms with Crippen molar-refractivity contribution >= 4 is 16.9 Å². The Kier molecular flexibility index (Phi) is 1.74. The molecule has 0 radical (unpaired) electrons. The molecule has 0 saturated heterocycles. The zero-order chi connectivity index (χ0) is 11.3. The Bertz CT molecular complexity index is 585. The second-order valence-corrected chi connectivity index (χ2v) is 4.23. The van der Waals surface area contributed by atoms with E-state index in [9.17, 15) is 9.90 Å². The second kappa shape index (κ2) is 3.01. The lowest BCUT2D eigenvalue weighted by molar-refractivity contribution is -0.141. The number of aromatic hydroxyl groups is 1. The number of nitrogens with zero attached hydrogens (tertiary/aromatic N) is 1. The first kappa shape index (κ1) is 9.27. The number of hydrogen-bond acceptors (Lipinski definition) is 2. The van der Waals surface area contributed by atoms with Gasteiger partial charge in [0.05, 0.1) is 11.4 Å². The summed E-state index contributed by atoms with van der Waals surface area (Å²) in [6.45, 7) is 0.498. The maximum absolute atomic E-state index is 10.9. The van der Waals surface area contributed by atoms with Crippen molar-refractivity contribution in [2.45, 2.75) is 13.0 Å². The van der Waals surface area contributed by atoms with Crippen LogP contribution in [-0.4, -0.2) is 20.7 Å². The molecule has 0 spiro atoms. The van der Waals surface area contributed by atoms with E-state index >= 15 is 0 Å². The molecule has 2 aromatic rings. The number of aromatic nitrogens is 1. The summed E-state index contributed by atoms with van der Waals surface area (Å²) in [5, 5.41) is 19.4. The zero-order valence-corrected chi connectivity index (χ0v) is 8.55. The summed E-state index contributed by atoms with van der Waals surface area (Å²) in [5.41, 5.74) is 1.95. The van der Waals surface area contributed by atoms with Gasteiger partial charge in [-0.15, -0.1) is 0 Å². The fraction of sp³-hybridized carbons (Fsp3) is 0.250. The number of hydrogen-bond donors (Lipinski definition) is 2. The maximum Gasteiger partial charge on any atom is 0.308 e. The van der Waals surface area contributed by atoms with E-state index in [2.05, 4.69) is 0 Å². The molecule has 1 atom stereocenters. The SMILES string of the molecule is O=C(O)C1Cc2cc3ccc(O)cc3n2C1. The molecule has 1 aliphatic heterocycles. The molecule has 16 heavy (non-hydrogen) atoms. The van der Waals surface area contributed by atoms with Crippen molar-refractivity contribution in [1.29, 1.82) is 0 Å². The first-order chi connectivity index (χ1) is 7.65. The van der Waals surface area contributed by atoms with Crippen LogP contribution in [0.25, 0.3) is 10.9 Å². The predicted octanol–water partition coefficient (Wildman–Crippen LogP) is 1.60. The van der Waals surface area contributed by atoms with Crippen molar-refractivity contribution in [1.82, 2.24) is 4.57 Å². The number of carboxylic acid groups (broad SMARTS) is 1. The molecule has 0 amide bonds. The van der Waals surface area contributed by atoms with E-state index in [1.807, 2.05) is 16.7 Å². The van der Waals surface area contributed by atoms with Gasteiger partial charge in [-0.3, -0.25) is 4.79 Å². The Hall–Kier alpha value is -1.97. The third-order valence-corrected chi connectivity index (χ3v) is 3.18. The molecular formula is C12H11NO3. The molecule has 1 unspecified atom stereocenters. The molecule has 3 rings (SSSR count). The van der Waals surface area contributed by atoms with Gasteiger partial charge in [0.1, 0.15) is 5.75 Å². The Balaban J connectivity index is 2.13. The van der Waals surface area contributed by atoms with Crippen LogP contribution in [0.4, 0.5) is 0 Å². The number of fused-ring (bicyclic) bond motifs is 3. The Morgan fingerprint density at radius 1 is 1.38 bits per heavy atom. The summed E-state index contributed by atoms with van der Waals surface area (Å²) in [4.78, 5) is 10.9. The number of aliphatic carboxylic acids is 1. The van der Waals surface area contributed by atoms with E-state index in [1.165, 1.54) is 0 Å². The van der Waals surface area contributed by atoms with Gasteiger partial charge in [0, 0.05) is 30.1 Å². The molecule has 0 bridgehead atoms. The van der Waals surface area contributed by atoms with Crippen LogP contribution in [0.5, 0.6) is 5.75 Å². The molecule has 2 N–H and O–H groups in total. The van der Waals surface area contributed by atoms with Crippen molar-refractivity contribution in [2.75, 3.05) is 0 Å². The Morgan fingerprint density at radius 2 is 2.19 bits per heavy atom. The average Bonchev–Trinajstić information content (AvgIpc) is 2.75. The first-order valence-corrected chi connectivity index (χ1v) is 5.19. The number of carbonyl (C=O) groups is 1. The number of benzene rings is 1. The molecule has 1 aliphatic rings. The van der Waals surface area contributed by atoms with Crippen molar-refractivity contribution in [3.05, 3.63) is 30.0 Å². The summed E-state index contributed by atoms with van der Waals surface area (Å²) < 4.78 is 1.98. The van der Waals surface area contributed by atoms with E-state index in [0.29, 0.717) is 13.0 Å². The first-order valence-electron chi connectivity index (χ1n) is 5.19. The van der Waals surface area contributed by atoms with Crippen molar-refractivity contribution in [2.24, 2.45) is 5.92 Å². The highest BCUT2D eigenvalue weighted by atomic mass is 16.4. The topological polar surface area (TPSA) is 62.5 Å². The van der Waals surface area contributed by atoms with Gasteiger partial charge < -0.3 is 14.8 Å². The Morgan fingerprint density at radius 3 is 2.94 bits per heavy atom. The van der Waals surface area contributed by atoms with E-state index in [-0.39, 0.29) is 11.7 Å². The highest BCUT2D eigenvalue weighted by Crippen LogP contribution is 2.30.